The van der Waals surface area contributed by atoms with Gasteiger partial charge in [-0.15, -0.1) is 0 Å². The zero-order valence-electron chi connectivity index (χ0n) is 18.1. The highest BCUT2D eigenvalue weighted by molar-refractivity contribution is 5.89. The van der Waals surface area contributed by atoms with Crippen molar-refractivity contribution in [3.63, 3.8) is 0 Å². The van der Waals surface area contributed by atoms with E-state index in [1.165, 1.54) is 51.0 Å². The fourth-order valence-electron chi connectivity index (χ4n) is 3.52. The summed E-state index contributed by atoms with van der Waals surface area (Å²) < 4.78 is 31.2. The number of halogens is 1. The lowest BCUT2D eigenvalue weighted by Gasteiger charge is -2.30. The first kappa shape index (κ1) is 23.8. The van der Waals surface area contributed by atoms with Gasteiger partial charge >= 0.3 is 5.97 Å². The second-order valence-electron chi connectivity index (χ2n) is 8.00. The second kappa shape index (κ2) is 13.7. The molecule has 2 rings (SSSR count). The predicted molar refractivity (Wildman–Crippen MR) is 112 cm³/mol. The highest BCUT2D eigenvalue weighted by Gasteiger charge is 2.26. The van der Waals surface area contributed by atoms with E-state index in [4.69, 9.17) is 14.2 Å². The summed E-state index contributed by atoms with van der Waals surface area (Å²) in [5.41, 5.74) is 0.555. The van der Waals surface area contributed by atoms with Crippen LogP contribution in [0.2, 0.25) is 0 Å². The summed E-state index contributed by atoms with van der Waals surface area (Å²) >= 11 is 0. The lowest BCUT2D eigenvalue weighted by molar-refractivity contribution is -0.207. The minimum absolute atomic E-state index is 0.218. The quantitative estimate of drug-likeness (QED) is 0.273. The van der Waals surface area contributed by atoms with Gasteiger partial charge in [0.05, 0.1) is 25.4 Å². The number of hydrogen-bond donors (Lipinski definition) is 0. The Labute approximate surface area is 175 Å². The fourth-order valence-corrected chi connectivity index (χ4v) is 3.52. The van der Waals surface area contributed by atoms with Gasteiger partial charge in [-0.05, 0) is 25.0 Å². The fraction of sp³-hybridized carbons (Fsp3) is 0.708. The van der Waals surface area contributed by atoms with Crippen molar-refractivity contribution in [1.29, 1.82) is 0 Å². The molecular formula is C24H37FO4. The molecule has 0 atom stereocenters. The van der Waals surface area contributed by atoms with Crippen molar-refractivity contribution >= 4 is 5.97 Å². The Morgan fingerprint density at radius 2 is 1.66 bits per heavy atom. The molecule has 1 aromatic rings. The molecule has 0 bridgehead atoms. The molecule has 0 unspecified atom stereocenters. The van der Waals surface area contributed by atoms with E-state index in [2.05, 4.69) is 6.92 Å². The third kappa shape index (κ3) is 8.43. The smallest absolute Gasteiger partial charge is 0.338 e. The predicted octanol–water partition coefficient (Wildman–Crippen LogP) is 6.58. The van der Waals surface area contributed by atoms with Gasteiger partial charge in [-0.25, -0.2) is 9.18 Å². The Hall–Kier alpha value is -1.46. The van der Waals surface area contributed by atoms with Crippen LogP contribution in [0.5, 0.6) is 0 Å². The number of hydrogen-bond acceptors (Lipinski definition) is 4. The van der Waals surface area contributed by atoms with Gasteiger partial charge in [0, 0.05) is 11.5 Å². The standard InChI is InChI=1S/C24H37FO4/c1-3-5-7-8-9-10-11-12-19-17-28-24(29-18-19)21-14-13-20(16-22(21)25)23(26)27-15-6-4-2/h13-14,16,19,24H,3-12,15,17-18H2,1-2H3. The summed E-state index contributed by atoms with van der Waals surface area (Å²) in [4.78, 5) is 11.9. The van der Waals surface area contributed by atoms with Gasteiger partial charge in [0.1, 0.15) is 5.82 Å². The number of ether oxygens (including phenoxy) is 3. The van der Waals surface area contributed by atoms with Crippen LogP contribution >= 0.6 is 0 Å². The molecule has 0 aliphatic carbocycles. The number of carbonyl (C=O) groups is 1. The molecule has 0 spiro atoms. The van der Waals surface area contributed by atoms with E-state index >= 15 is 0 Å². The Morgan fingerprint density at radius 1 is 1.00 bits per heavy atom. The summed E-state index contributed by atoms with van der Waals surface area (Å²) in [6, 6.07) is 4.35. The summed E-state index contributed by atoms with van der Waals surface area (Å²) in [6.45, 7) is 5.78. The van der Waals surface area contributed by atoms with Crippen molar-refractivity contribution in [3.8, 4) is 0 Å². The summed E-state index contributed by atoms with van der Waals surface area (Å²) in [7, 11) is 0. The van der Waals surface area contributed by atoms with Crippen molar-refractivity contribution < 1.29 is 23.4 Å². The molecule has 1 heterocycles. The molecule has 0 aromatic heterocycles. The van der Waals surface area contributed by atoms with Crippen molar-refractivity contribution in [2.75, 3.05) is 19.8 Å². The van der Waals surface area contributed by atoms with Crippen LogP contribution in [0, 0.1) is 11.7 Å². The third-order valence-corrected chi connectivity index (χ3v) is 5.40. The van der Waals surface area contributed by atoms with E-state index in [1.807, 2.05) is 6.92 Å². The van der Waals surface area contributed by atoms with Gasteiger partial charge < -0.3 is 14.2 Å². The van der Waals surface area contributed by atoms with Crippen LogP contribution in [-0.2, 0) is 14.2 Å². The van der Waals surface area contributed by atoms with Gasteiger partial charge in [-0.3, -0.25) is 0 Å². The van der Waals surface area contributed by atoms with Crippen LogP contribution in [0.4, 0.5) is 4.39 Å². The molecule has 0 saturated carbocycles. The van der Waals surface area contributed by atoms with Crippen LogP contribution < -0.4 is 0 Å². The molecule has 1 aliphatic rings. The molecule has 1 aromatic carbocycles. The number of benzene rings is 1. The third-order valence-electron chi connectivity index (χ3n) is 5.40. The van der Waals surface area contributed by atoms with E-state index in [0.29, 0.717) is 31.3 Å². The maximum atomic E-state index is 14.5. The van der Waals surface area contributed by atoms with Crippen LogP contribution in [0.15, 0.2) is 18.2 Å². The van der Waals surface area contributed by atoms with Crippen molar-refractivity contribution in [2.45, 2.75) is 84.3 Å². The van der Waals surface area contributed by atoms with Gasteiger partial charge in [-0.1, -0.05) is 71.3 Å². The molecule has 0 radical (unpaired) electrons. The van der Waals surface area contributed by atoms with E-state index in [0.717, 1.165) is 19.3 Å². The maximum absolute atomic E-state index is 14.5. The Morgan fingerprint density at radius 3 is 2.31 bits per heavy atom. The number of carbonyl (C=O) groups excluding carboxylic acids is 1. The summed E-state index contributed by atoms with van der Waals surface area (Å²) in [5.74, 6) is -0.618. The van der Waals surface area contributed by atoms with E-state index in [1.54, 1.807) is 12.1 Å². The number of esters is 1. The van der Waals surface area contributed by atoms with Gasteiger partial charge in [-0.2, -0.15) is 0 Å². The van der Waals surface area contributed by atoms with Crippen LogP contribution in [0.1, 0.15) is 100 Å². The molecule has 29 heavy (non-hydrogen) atoms. The second-order valence-corrected chi connectivity index (χ2v) is 8.00. The van der Waals surface area contributed by atoms with Crippen molar-refractivity contribution in [2.24, 2.45) is 5.92 Å². The van der Waals surface area contributed by atoms with Crippen LogP contribution in [0.3, 0.4) is 0 Å². The van der Waals surface area contributed by atoms with Crippen molar-refractivity contribution in [3.05, 3.63) is 35.1 Å². The first-order chi connectivity index (χ1) is 14.2. The molecule has 164 valence electrons. The van der Waals surface area contributed by atoms with Gasteiger partial charge in [0.25, 0.3) is 0 Å². The topological polar surface area (TPSA) is 44.8 Å². The Balaban J connectivity index is 1.71. The minimum atomic E-state index is -0.703. The average Bonchev–Trinajstić information content (AvgIpc) is 2.73. The Bertz CT molecular complexity index is 597. The SMILES string of the molecule is CCCCCCCCCC1COC(c2ccc(C(=O)OCCCC)cc2F)OC1. The van der Waals surface area contributed by atoms with E-state index < -0.39 is 18.1 Å². The lowest BCUT2D eigenvalue weighted by atomic mass is 10.0. The highest BCUT2D eigenvalue weighted by atomic mass is 19.1. The van der Waals surface area contributed by atoms with Gasteiger partial charge in [0.15, 0.2) is 6.29 Å². The highest BCUT2D eigenvalue weighted by Crippen LogP contribution is 2.29. The monoisotopic (exact) mass is 408 g/mol. The molecule has 0 N–H and O–H groups in total. The minimum Gasteiger partial charge on any atom is -0.462 e. The maximum Gasteiger partial charge on any atom is 0.338 e. The van der Waals surface area contributed by atoms with Crippen molar-refractivity contribution in [1.82, 2.24) is 0 Å². The normalized spacial score (nSPS) is 19.3. The van der Waals surface area contributed by atoms with Gasteiger partial charge in [0.2, 0.25) is 0 Å². The van der Waals surface area contributed by atoms with Crippen LogP contribution in [0.25, 0.3) is 0 Å². The van der Waals surface area contributed by atoms with E-state index in [9.17, 15) is 9.18 Å². The zero-order valence-corrected chi connectivity index (χ0v) is 18.1. The molecular weight excluding hydrogens is 371 g/mol. The van der Waals surface area contributed by atoms with E-state index in [-0.39, 0.29) is 5.56 Å². The number of unbranched alkanes of at least 4 members (excludes halogenated alkanes) is 7. The van der Waals surface area contributed by atoms with Crippen LogP contribution in [-0.4, -0.2) is 25.8 Å². The molecule has 1 fully saturated rings. The number of rotatable bonds is 13. The summed E-state index contributed by atoms with van der Waals surface area (Å²) in [6.07, 6.45) is 11.2. The molecule has 1 saturated heterocycles. The summed E-state index contributed by atoms with van der Waals surface area (Å²) in [5, 5.41) is 0. The first-order valence-corrected chi connectivity index (χ1v) is 11.4. The lowest BCUT2D eigenvalue weighted by Crippen LogP contribution is -2.27. The molecule has 1 aliphatic heterocycles. The average molecular weight is 409 g/mol. The Kier molecular flexibility index (Phi) is 11.3. The first-order valence-electron chi connectivity index (χ1n) is 11.4. The molecule has 0 amide bonds. The molecule has 5 heteroatoms. The zero-order chi connectivity index (χ0) is 20.9. The largest absolute Gasteiger partial charge is 0.462 e. The molecule has 4 nitrogen and oxygen atoms in total.